The summed E-state index contributed by atoms with van der Waals surface area (Å²) >= 11 is 0. The van der Waals surface area contributed by atoms with Crippen LogP contribution in [0, 0.1) is 0 Å². The number of carbonyl (C=O) groups is 1. The molecule has 0 aliphatic carbocycles. The lowest BCUT2D eigenvalue weighted by molar-refractivity contribution is -0.258. The van der Waals surface area contributed by atoms with Crippen LogP contribution >= 0.6 is 0 Å². The number of ether oxygens (including phenoxy) is 1. The van der Waals surface area contributed by atoms with Gasteiger partial charge in [0.2, 0.25) is 0 Å². The molecule has 0 rings (SSSR count). The Morgan fingerprint density at radius 3 is 2.06 bits per heavy atom. The van der Waals surface area contributed by atoms with Crippen LogP contribution in [0.2, 0.25) is 0 Å². The predicted molar refractivity (Wildman–Crippen MR) is 47.2 cm³/mol. The van der Waals surface area contributed by atoms with Gasteiger partial charge in [-0.15, -0.1) is 6.58 Å². The lowest BCUT2D eigenvalue weighted by atomic mass is 10.3. The summed E-state index contributed by atoms with van der Waals surface area (Å²) in [6, 6.07) is 0. The van der Waals surface area contributed by atoms with E-state index in [-0.39, 0.29) is 0 Å². The summed E-state index contributed by atoms with van der Waals surface area (Å²) in [5, 5.41) is -5.71. The highest BCUT2D eigenvalue weighted by Crippen LogP contribution is 2.38. The Morgan fingerprint density at radius 2 is 1.78 bits per heavy atom. The van der Waals surface area contributed by atoms with Crippen molar-refractivity contribution in [1.82, 2.24) is 0 Å². The molecular formula is C7H7F5O5S. The number of halogens is 5. The molecule has 106 valence electrons. The van der Waals surface area contributed by atoms with E-state index in [0.29, 0.717) is 0 Å². The molecule has 0 heterocycles. The van der Waals surface area contributed by atoms with Gasteiger partial charge in [0.15, 0.2) is 0 Å². The first kappa shape index (κ1) is 16.8. The Labute approximate surface area is 98.0 Å². The van der Waals surface area contributed by atoms with Gasteiger partial charge in [-0.05, 0) is 0 Å². The van der Waals surface area contributed by atoms with E-state index in [1.165, 1.54) is 0 Å². The van der Waals surface area contributed by atoms with Gasteiger partial charge in [-0.1, -0.05) is 6.08 Å². The molecule has 0 amide bonds. The van der Waals surface area contributed by atoms with E-state index < -0.39 is 40.0 Å². The van der Waals surface area contributed by atoms with E-state index in [1.54, 1.807) is 0 Å². The van der Waals surface area contributed by atoms with Crippen molar-refractivity contribution in [2.75, 3.05) is 0 Å². The fraction of sp³-hybridized carbons (Fsp3) is 0.571. The van der Waals surface area contributed by atoms with Gasteiger partial charge in [0, 0.05) is 0 Å². The molecule has 0 aliphatic rings. The maximum Gasteiger partial charge on any atom is 0.432 e. The smallest absolute Gasteiger partial charge is 0.432 e. The number of hydrogen-bond donors (Lipinski definition) is 1. The van der Waals surface area contributed by atoms with Gasteiger partial charge in [0.05, 0.1) is 6.42 Å². The summed E-state index contributed by atoms with van der Waals surface area (Å²) in [7, 11) is -6.40. The second-order valence-electron chi connectivity index (χ2n) is 2.94. The van der Waals surface area contributed by atoms with Crippen LogP contribution in [0.15, 0.2) is 12.7 Å². The summed E-state index contributed by atoms with van der Waals surface area (Å²) in [4.78, 5) is 10.7. The molecule has 0 saturated carbocycles. The van der Waals surface area contributed by atoms with Crippen LogP contribution in [0.1, 0.15) is 6.42 Å². The van der Waals surface area contributed by atoms with Crippen LogP contribution < -0.4 is 0 Å². The van der Waals surface area contributed by atoms with E-state index in [2.05, 4.69) is 11.3 Å². The summed E-state index contributed by atoms with van der Waals surface area (Å²) in [6.45, 7) is 2.94. The SMILES string of the molecule is C=CCC(=O)OC(C(F)(F)F)C(F)(F)S(=O)(=O)O. The van der Waals surface area contributed by atoms with Gasteiger partial charge in [-0.3, -0.25) is 9.35 Å². The molecule has 1 unspecified atom stereocenters. The lowest BCUT2D eigenvalue weighted by Crippen LogP contribution is -2.52. The molecule has 0 fully saturated rings. The minimum Gasteiger partial charge on any atom is -0.444 e. The highest BCUT2D eigenvalue weighted by Gasteiger charge is 2.65. The maximum absolute atomic E-state index is 12.8. The third-order valence-corrected chi connectivity index (χ3v) is 2.41. The largest absolute Gasteiger partial charge is 0.444 e. The van der Waals surface area contributed by atoms with Gasteiger partial charge in [0.1, 0.15) is 0 Å². The average Bonchev–Trinajstić information content (AvgIpc) is 2.10. The zero-order chi connectivity index (χ0) is 14.8. The number of rotatable bonds is 5. The predicted octanol–water partition coefficient (Wildman–Crippen LogP) is 1.52. The summed E-state index contributed by atoms with van der Waals surface area (Å²) in [6.07, 6.45) is -10.3. The third-order valence-electron chi connectivity index (χ3n) is 1.51. The van der Waals surface area contributed by atoms with Gasteiger partial charge >= 0.3 is 27.5 Å². The Balaban J connectivity index is 5.40. The summed E-state index contributed by atoms with van der Waals surface area (Å²) in [5.74, 6) is -1.77. The van der Waals surface area contributed by atoms with Gasteiger partial charge in [-0.2, -0.15) is 30.4 Å². The zero-order valence-corrected chi connectivity index (χ0v) is 9.26. The Morgan fingerprint density at radius 1 is 1.33 bits per heavy atom. The molecule has 0 aromatic rings. The second kappa shape index (κ2) is 5.18. The van der Waals surface area contributed by atoms with Crippen LogP contribution in [0.25, 0.3) is 0 Å². The van der Waals surface area contributed by atoms with Gasteiger partial charge < -0.3 is 4.74 Å². The van der Waals surface area contributed by atoms with Crippen LogP contribution in [0.4, 0.5) is 22.0 Å². The molecule has 1 atom stereocenters. The van der Waals surface area contributed by atoms with Crippen LogP contribution in [0.3, 0.4) is 0 Å². The highest BCUT2D eigenvalue weighted by molar-refractivity contribution is 7.86. The van der Waals surface area contributed by atoms with E-state index in [4.69, 9.17) is 4.55 Å². The Hall–Kier alpha value is -1.23. The van der Waals surface area contributed by atoms with Crippen molar-refractivity contribution in [3.8, 4) is 0 Å². The van der Waals surface area contributed by atoms with E-state index in [9.17, 15) is 35.2 Å². The molecule has 0 radical (unpaired) electrons. The Kier molecular flexibility index (Phi) is 4.83. The number of hydrogen-bond acceptors (Lipinski definition) is 4. The normalized spacial score (nSPS) is 15.0. The fourth-order valence-electron chi connectivity index (χ4n) is 0.759. The van der Waals surface area contributed by atoms with Crippen molar-refractivity contribution in [3.63, 3.8) is 0 Å². The van der Waals surface area contributed by atoms with E-state index in [1.807, 2.05) is 0 Å². The molecule has 0 aliphatic heterocycles. The van der Waals surface area contributed by atoms with Crippen molar-refractivity contribution in [2.45, 2.75) is 24.0 Å². The minimum absolute atomic E-state index is 0.765. The zero-order valence-electron chi connectivity index (χ0n) is 8.45. The molecule has 0 aromatic heterocycles. The van der Waals surface area contributed by atoms with Gasteiger partial charge in [-0.25, -0.2) is 0 Å². The van der Waals surface area contributed by atoms with Crippen molar-refractivity contribution in [2.24, 2.45) is 0 Å². The molecule has 5 nitrogen and oxygen atoms in total. The fourth-order valence-corrected chi connectivity index (χ4v) is 1.21. The first-order valence-electron chi connectivity index (χ1n) is 4.06. The summed E-state index contributed by atoms with van der Waals surface area (Å²) < 4.78 is 93.9. The van der Waals surface area contributed by atoms with Crippen molar-refractivity contribution in [1.29, 1.82) is 0 Å². The third kappa shape index (κ3) is 3.91. The van der Waals surface area contributed by atoms with E-state index >= 15 is 0 Å². The number of carbonyl (C=O) groups excluding carboxylic acids is 1. The number of alkyl halides is 5. The molecule has 0 bridgehead atoms. The van der Waals surface area contributed by atoms with Crippen molar-refractivity contribution in [3.05, 3.63) is 12.7 Å². The average molecular weight is 298 g/mol. The van der Waals surface area contributed by atoms with Crippen molar-refractivity contribution >= 4 is 16.1 Å². The van der Waals surface area contributed by atoms with Crippen LogP contribution in [-0.4, -0.2) is 36.5 Å². The number of esters is 1. The topological polar surface area (TPSA) is 80.7 Å². The Bertz CT molecular complexity index is 426. The molecular weight excluding hydrogens is 291 g/mol. The molecule has 11 heteroatoms. The molecule has 18 heavy (non-hydrogen) atoms. The first-order valence-corrected chi connectivity index (χ1v) is 5.50. The standard InChI is InChI=1S/C7H7F5O5S/c1-2-3-4(13)17-5(6(8,9)10)7(11,12)18(14,15)16/h2,5H,1,3H2,(H,14,15,16). The van der Waals surface area contributed by atoms with E-state index in [0.717, 1.165) is 6.08 Å². The van der Waals surface area contributed by atoms with Gasteiger partial charge in [0.25, 0.3) is 6.10 Å². The van der Waals surface area contributed by atoms with Crippen molar-refractivity contribution < 1.29 is 44.5 Å². The first-order chi connectivity index (χ1) is 7.84. The molecule has 0 saturated heterocycles. The highest BCUT2D eigenvalue weighted by atomic mass is 32.2. The molecule has 0 spiro atoms. The molecule has 0 aromatic carbocycles. The lowest BCUT2D eigenvalue weighted by Gasteiger charge is -2.25. The minimum atomic E-state index is -6.40. The quantitative estimate of drug-likeness (QED) is 0.360. The van der Waals surface area contributed by atoms with Crippen LogP contribution in [0.5, 0.6) is 0 Å². The monoisotopic (exact) mass is 298 g/mol. The van der Waals surface area contributed by atoms with Crippen LogP contribution in [-0.2, 0) is 19.6 Å². The maximum atomic E-state index is 12.8. The second-order valence-corrected chi connectivity index (χ2v) is 4.44. The summed E-state index contributed by atoms with van der Waals surface area (Å²) in [5.41, 5.74) is 0. The molecule has 1 N–H and O–H groups in total.